The number of ether oxygens (including phenoxy) is 1. The number of hydrogen-bond acceptors (Lipinski definition) is 3. The maximum Gasteiger partial charge on any atom is 0.130 e. The van der Waals surface area contributed by atoms with Crippen LogP contribution in [0.5, 0.6) is 0 Å². The summed E-state index contributed by atoms with van der Waals surface area (Å²) in [5.41, 5.74) is 6.66. The summed E-state index contributed by atoms with van der Waals surface area (Å²) in [4.78, 5) is 0. The van der Waals surface area contributed by atoms with E-state index in [1.807, 2.05) is 13.0 Å². The summed E-state index contributed by atoms with van der Waals surface area (Å²) >= 11 is 0. The van der Waals surface area contributed by atoms with Crippen molar-refractivity contribution in [1.29, 1.82) is 0 Å². The highest BCUT2D eigenvalue weighted by Gasteiger charge is 2.07. The summed E-state index contributed by atoms with van der Waals surface area (Å²) in [6.45, 7) is 8.22. The molecule has 1 aromatic heterocycles. The van der Waals surface area contributed by atoms with Crippen molar-refractivity contribution in [3.05, 3.63) is 23.2 Å². The van der Waals surface area contributed by atoms with E-state index < -0.39 is 0 Å². The number of nitrogens with two attached hydrogens (primary N) is 1. The lowest BCUT2D eigenvalue weighted by atomic mass is 10.1. The zero-order valence-electron chi connectivity index (χ0n) is 10.6. The molecule has 0 radical (unpaired) electrons. The molecule has 3 nitrogen and oxygen atoms in total. The highest BCUT2D eigenvalue weighted by atomic mass is 16.5. The van der Waals surface area contributed by atoms with Gasteiger partial charge in [0.05, 0.1) is 6.54 Å². The molecule has 0 saturated heterocycles. The Labute approximate surface area is 98.0 Å². The van der Waals surface area contributed by atoms with Crippen molar-refractivity contribution in [2.75, 3.05) is 6.61 Å². The van der Waals surface area contributed by atoms with Gasteiger partial charge in [0.1, 0.15) is 18.1 Å². The largest absolute Gasteiger partial charge is 0.462 e. The van der Waals surface area contributed by atoms with Gasteiger partial charge in [-0.1, -0.05) is 20.3 Å². The molecule has 0 aliphatic rings. The Kier molecular flexibility index (Phi) is 5.56. The van der Waals surface area contributed by atoms with Crippen LogP contribution >= 0.6 is 0 Å². The Balaban J connectivity index is 2.31. The maximum atomic E-state index is 5.61. The molecule has 0 fully saturated rings. The van der Waals surface area contributed by atoms with Crippen LogP contribution in [-0.2, 0) is 17.9 Å². The van der Waals surface area contributed by atoms with Crippen molar-refractivity contribution in [3.63, 3.8) is 0 Å². The Hall–Kier alpha value is -0.800. The van der Waals surface area contributed by atoms with Gasteiger partial charge in [-0.05, 0) is 30.9 Å². The molecule has 0 spiro atoms. The van der Waals surface area contributed by atoms with Gasteiger partial charge in [0.2, 0.25) is 0 Å². The molecule has 1 unspecified atom stereocenters. The first-order valence-corrected chi connectivity index (χ1v) is 6.03. The van der Waals surface area contributed by atoms with Crippen LogP contribution in [0.3, 0.4) is 0 Å². The molecule has 0 bridgehead atoms. The van der Waals surface area contributed by atoms with Crippen molar-refractivity contribution in [3.8, 4) is 0 Å². The normalized spacial score (nSPS) is 13.0. The summed E-state index contributed by atoms with van der Waals surface area (Å²) < 4.78 is 11.2. The van der Waals surface area contributed by atoms with Crippen molar-refractivity contribution in [1.82, 2.24) is 0 Å². The fourth-order valence-corrected chi connectivity index (χ4v) is 1.80. The Morgan fingerprint density at radius 1 is 1.50 bits per heavy atom. The molecule has 16 heavy (non-hydrogen) atoms. The second kappa shape index (κ2) is 6.71. The van der Waals surface area contributed by atoms with Gasteiger partial charge >= 0.3 is 0 Å². The lowest BCUT2D eigenvalue weighted by Gasteiger charge is -2.09. The molecule has 1 atom stereocenters. The molecule has 0 aromatic carbocycles. The standard InChI is InChI=1S/C13H23NO2/c1-4-5-10(2)8-15-9-12-6-11(3)13(7-14)16-12/h6,10H,4-5,7-9,14H2,1-3H3. The van der Waals surface area contributed by atoms with Crippen molar-refractivity contribution >= 4 is 0 Å². The van der Waals surface area contributed by atoms with Gasteiger partial charge in [-0.2, -0.15) is 0 Å². The van der Waals surface area contributed by atoms with E-state index in [0.29, 0.717) is 19.1 Å². The van der Waals surface area contributed by atoms with Gasteiger partial charge in [-0.3, -0.25) is 0 Å². The summed E-state index contributed by atoms with van der Waals surface area (Å²) in [6, 6.07) is 2.01. The third-order valence-electron chi connectivity index (χ3n) is 2.69. The van der Waals surface area contributed by atoms with Crippen LogP contribution in [0.4, 0.5) is 0 Å². The minimum Gasteiger partial charge on any atom is -0.462 e. The lowest BCUT2D eigenvalue weighted by molar-refractivity contribution is 0.0769. The van der Waals surface area contributed by atoms with Crippen molar-refractivity contribution in [2.45, 2.75) is 46.8 Å². The molecule has 0 aliphatic carbocycles. The van der Waals surface area contributed by atoms with Crippen LogP contribution in [-0.4, -0.2) is 6.61 Å². The third-order valence-corrected chi connectivity index (χ3v) is 2.69. The van der Waals surface area contributed by atoms with Gasteiger partial charge < -0.3 is 14.9 Å². The van der Waals surface area contributed by atoms with Gasteiger partial charge in [-0.25, -0.2) is 0 Å². The van der Waals surface area contributed by atoms with Gasteiger partial charge in [0.15, 0.2) is 0 Å². The Morgan fingerprint density at radius 2 is 2.25 bits per heavy atom. The van der Waals surface area contributed by atoms with E-state index in [1.165, 1.54) is 12.8 Å². The van der Waals surface area contributed by atoms with Crippen LogP contribution in [0, 0.1) is 12.8 Å². The number of rotatable bonds is 7. The lowest BCUT2D eigenvalue weighted by Crippen LogP contribution is -2.05. The SMILES string of the molecule is CCCC(C)COCc1cc(C)c(CN)o1. The fraction of sp³-hybridized carbons (Fsp3) is 0.692. The first-order valence-electron chi connectivity index (χ1n) is 6.03. The van der Waals surface area contributed by atoms with E-state index in [-0.39, 0.29) is 0 Å². The summed E-state index contributed by atoms with van der Waals surface area (Å²) in [5.74, 6) is 2.36. The predicted octanol–water partition coefficient (Wildman–Crippen LogP) is 3.00. The highest BCUT2D eigenvalue weighted by molar-refractivity contribution is 5.19. The van der Waals surface area contributed by atoms with Gasteiger partial charge in [-0.15, -0.1) is 0 Å². The average molecular weight is 225 g/mol. The minimum absolute atomic E-state index is 0.456. The second-order valence-electron chi connectivity index (χ2n) is 4.43. The van der Waals surface area contributed by atoms with Crippen LogP contribution in [0.1, 0.15) is 43.8 Å². The number of hydrogen-bond donors (Lipinski definition) is 1. The summed E-state index contributed by atoms with van der Waals surface area (Å²) in [7, 11) is 0. The summed E-state index contributed by atoms with van der Waals surface area (Å²) in [6.07, 6.45) is 2.42. The van der Waals surface area contributed by atoms with Crippen LogP contribution in [0.15, 0.2) is 10.5 Å². The van der Waals surface area contributed by atoms with Crippen molar-refractivity contribution < 1.29 is 9.15 Å². The van der Waals surface area contributed by atoms with Gasteiger partial charge in [0.25, 0.3) is 0 Å². The topological polar surface area (TPSA) is 48.4 Å². The van der Waals surface area contributed by atoms with E-state index in [4.69, 9.17) is 14.9 Å². The molecule has 0 saturated carbocycles. The van der Waals surface area contributed by atoms with Crippen LogP contribution < -0.4 is 5.73 Å². The zero-order valence-corrected chi connectivity index (χ0v) is 10.6. The molecular formula is C13H23NO2. The first kappa shape index (κ1) is 13.3. The van der Waals surface area contributed by atoms with E-state index >= 15 is 0 Å². The smallest absolute Gasteiger partial charge is 0.130 e. The molecule has 92 valence electrons. The number of aryl methyl sites for hydroxylation is 1. The van der Waals surface area contributed by atoms with Crippen LogP contribution in [0.2, 0.25) is 0 Å². The minimum atomic E-state index is 0.456. The predicted molar refractivity (Wildman–Crippen MR) is 65.1 cm³/mol. The fourth-order valence-electron chi connectivity index (χ4n) is 1.80. The molecule has 0 aliphatic heterocycles. The van der Waals surface area contributed by atoms with E-state index in [0.717, 1.165) is 23.7 Å². The molecule has 1 heterocycles. The van der Waals surface area contributed by atoms with Crippen molar-refractivity contribution in [2.24, 2.45) is 11.7 Å². The van der Waals surface area contributed by atoms with Crippen LogP contribution in [0.25, 0.3) is 0 Å². The molecule has 0 amide bonds. The molecule has 3 heteroatoms. The first-order chi connectivity index (χ1) is 7.67. The van der Waals surface area contributed by atoms with E-state index in [1.54, 1.807) is 0 Å². The second-order valence-corrected chi connectivity index (χ2v) is 4.43. The highest BCUT2D eigenvalue weighted by Crippen LogP contribution is 2.15. The Morgan fingerprint density at radius 3 is 2.81 bits per heavy atom. The zero-order chi connectivity index (χ0) is 12.0. The molecule has 2 N–H and O–H groups in total. The average Bonchev–Trinajstić information content (AvgIpc) is 2.59. The number of furan rings is 1. The summed E-state index contributed by atoms with van der Waals surface area (Å²) in [5, 5.41) is 0. The quantitative estimate of drug-likeness (QED) is 0.776. The monoisotopic (exact) mass is 225 g/mol. The third kappa shape index (κ3) is 3.99. The van der Waals surface area contributed by atoms with E-state index in [9.17, 15) is 0 Å². The molecule has 1 aromatic rings. The van der Waals surface area contributed by atoms with E-state index in [2.05, 4.69) is 13.8 Å². The Bertz CT molecular complexity index is 307. The molecule has 1 rings (SSSR count). The molecular weight excluding hydrogens is 202 g/mol. The maximum absolute atomic E-state index is 5.61. The van der Waals surface area contributed by atoms with Gasteiger partial charge in [0, 0.05) is 6.61 Å².